The van der Waals surface area contributed by atoms with Crippen LogP contribution in [0, 0.1) is 0 Å². The van der Waals surface area contributed by atoms with Crippen LogP contribution >= 0.6 is 11.8 Å². The monoisotopic (exact) mass is 396 g/mol. The molecular weight excluding hydrogens is 352 g/mol. The fourth-order valence-corrected chi connectivity index (χ4v) is 5.13. The standard InChI is InChI=1S/C24H44O2S/c1-3-5-7-9-11-13-15-17-19-25-22-23-24(22,21-27-23)26-20-18-16-14-12-10-8-6-4-2/h3-21H2,1-2H3. The lowest BCUT2D eigenvalue weighted by Gasteiger charge is -2.25. The summed E-state index contributed by atoms with van der Waals surface area (Å²) in [6.07, 6.45) is 21.7. The number of unbranched alkanes of at least 4 members (excludes halogenated alkanes) is 14. The van der Waals surface area contributed by atoms with Gasteiger partial charge in [0.2, 0.25) is 0 Å². The minimum absolute atomic E-state index is 0.0358. The van der Waals surface area contributed by atoms with Crippen molar-refractivity contribution in [1.29, 1.82) is 0 Å². The van der Waals surface area contributed by atoms with E-state index in [0.717, 1.165) is 19.0 Å². The zero-order valence-corrected chi connectivity index (χ0v) is 19.0. The second-order valence-electron chi connectivity index (χ2n) is 8.42. The maximum Gasteiger partial charge on any atom is 0.169 e. The van der Waals surface area contributed by atoms with Gasteiger partial charge in [-0.2, -0.15) is 0 Å². The first-order valence-electron chi connectivity index (χ1n) is 12.0. The van der Waals surface area contributed by atoms with Crippen LogP contribution in [0.2, 0.25) is 0 Å². The van der Waals surface area contributed by atoms with E-state index in [0.29, 0.717) is 0 Å². The Hall–Kier alpha value is -0.150. The van der Waals surface area contributed by atoms with Gasteiger partial charge in [-0.3, -0.25) is 0 Å². The summed E-state index contributed by atoms with van der Waals surface area (Å²) in [6, 6.07) is 0. The van der Waals surface area contributed by atoms with Crippen LogP contribution in [0.15, 0.2) is 10.7 Å². The van der Waals surface area contributed by atoms with Gasteiger partial charge in [-0.1, -0.05) is 104 Å². The molecule has 0 saturated carbocycles. The summed E-state index contributed by atoms with van der Waals surface area (Å²) in [7, 11) is 0. The Balaban J connectivity index is 1.38. The van der Waals surface area contributed by atoms with Gasteiger partial charge in [0.05, 0.1) is 11.5 Å². The number of thioether (sulfide) groups is 1. The number of hydrogen-bond acceptors (Lipinski definition) is 3. The highest BCUT2D eigenvalue weighted by atomic mass is 32.2. The van der Waals surface area contributed by atoms with Crippen LogP contribution in [0.4, 0.5) is 0 Å². The van der Waals surface area contributed by atoms with Crippen LogP contribution < -0.4 is 0 Å². The van der Waals surface area contributed by atoms with E-state index in [2.05, 4.69) is 13.8 Å². The SMILES string of the molecule is CCCCCCCCCCOC1=C2SCC12OCCCCCCCCCC. The van der Waals surface area contributed by atoms with Crippen molar-refractivity contribution in [2.45, 2.75) is 122 Å². The second kappa shape index (κ2) is 13.9. The van der Waals surface area contributed by atoms with Gasteiger partial charge < -0.3 is 9.47 Å². The lowest BCUT2D eigenvalue weighted by Crippen LogP contribution is -2.30. The zero-order chi connectivity index (χ0) is 19.2. The minimum Gasteiger partial charge on any atom is -0.493 e. The molecule has 2 aliphatic rings. The average molecular weight is 397 g/mol. The molecule has 1 heterocycles. The Bertz CT molecular complexity index is 421. The van der Waals surface area contributed by atoms with Gasteiger partial charge in [0.25, 0.3) is 0 Å². The normalized spacial score (nSPS) is 20.5. The largest absolute Gasteiger partial charge is 0.493 e. The van der Waals surface area contributed by atoms with E-state index in [-0.39, 0.29) is 5.60 Å². The van der Waals surface area contributed by atoms with Gasteiger partial charge >= 0.3 is 0 Å². The van der Waals surface area contributed by atoms with Gasteiger partial charge in [0.1, 0.15) is 5.76 Å². The Kier molecular flexibility index (Phi) is 11.9. The highest BCUT2D eigenvalue weighted by Crippen LogP contribution is 2.64. The third-order valence-electron chi connectivity index (χ3n) is 5.89. The third-order valence-corrected chi connectivity index (χ3v) is 7.24. The summed E-state index contributed by atoms with van der Waals surface area (Å²) in [5.41, 5.74) is -0.0358. The first-order valence-corrected chi connectivity index (χ1v) is 13.0. The summed E-state index contributed by atoms with van der Waals surface area (Å²) >= 11 is 1.93. The van der Waals surface area contributed by atoms with E-state index in [9.17, 15) is 0 Å². The molecule has 27 heavy (non-hydrogen) atoms. The van der Waals surface area contributed by atoms with Gasteiger partial charge in [0, 0.05) is 12.4 Å². The van der Waals surface area contributed by atoms with Crippen molar-refractivity contribution >= 4 is 11.8 Å². The Morgan fingerprint density at radius 2 is 1.15 bits per heavy atom. The van der Waals surface area contributed by atoms with Crippen LogP contribution in [0.3, 0.4) is 0 Å². The highest BCUT2D eigenvalue weighted by molar-refractivity contribution is 8.05. The number of hydrogen-bond donors (Lipinski definition) is 0. The zero-order valence-electron chi connectivity index (χ0n) is 18.2. The van der Waals surface area contributed by atoms with Gasteiger partial charge in [-0.25, -0.2) is 0 Å². The molecule has 0 aromatic rings. The van der Waals surface area contributed by atoms with Gasteiger partial charge in [-0.05, 0) is 12.8 Å². The average Bonchev–Trinajstić information content (AvgIpc) is 3.11. The van der Waals surface area contributed by atoms with E-state index in [1.54, 1.807) is 0 Å². The van der Waals surface area contributed by atoms with E-state index < -0.39 is 0 Å². The lowest BCUT2D eigenvalue weighted by molar-refractivity contribution is 0.0248. The summed E-state index contributed by atoms with van der Waals surface area (Å²) in [4.78, 5) is 1.40. The molecule has 0 aromatic carbocycles. The molecule has 158 valence electrons. The summed E-state index contributed by atoms with van der Waals surface area (Å²) in [5.74, 6) is 2.28. The van der Waals surface area contributed by atoms with Crippen LogP contribution in [-0.4, -0.2) is 24.6 Å². The molecule has 2 rings (SSSR count). The Morgan fingerprint density at radius 3 is 1.63 bits per heavy atom. The minimum atomic E-state index is -0.0358. The number of ether oxygens (including phenoxy) is 2. The van der Waals surface area contributed by atoms with E-state index in [4.69, 9.17) is 9.47 Å². The van der Waals surface area contributed by atoms with Crippen LogP contribution in [0.1, 0.15) is 117 Å². The molecule has 1 atom stereocenters. The van der Waals surface area contributed by atoms with Crippen molar-refractivity contribution in [3.63, 3.8) is 0 Å². The lowest BCUT2D eigenvalue weighted by atomic mass is 10.1. The molecule has 1 saturated heterocycles. The molecule has 1 aliphatic heterocycles. The van der Waals surface area contributed by atoms with E-state index in [1.165, 1.54) is 113 Å². The van der Waals surface area contributed by atoms with Crippen LogP contribution in [0.25, 0.3) is 0 Å². The molecule has 2 nitrogen and oxygen atoms in total. The van der Waals surface area contributed by atoms with Crippen molar-refractivity contribution in [3.05, 3.63) is 10.7 Å². The summed E-state index contributed by atoms with van der Waals surface area (Å²) in [5, 5.41) is 0. The molecule has 0 aromatic heterocycles. The Morgan fingerprint density at radius 1 is 0.667 bits per heavy atom. The first kappa shape index (κ1) is 23.1. The molecule has 0 N–H and O–H groups in total. The smallest absolute Gasteiger partial charge is 0.169 e. The summed E-state index contributed by atoms with van der Waals surface area (Å²) < 4.78 is 12.3. The van der Waals surface area contributed by atoms with Crippen LogP contribution in [0.5, 0.6) is 0 Å². The van der Waals surface area contributed by atoms with E-state index >= 15 is 0 Å². The Labute approximate surface area is 173 Å². The topological polar surface area (TPSA) is 18.5 Å². The fraction of sp³-hybridized carbons (Fsp3) is 0.917. The number of rotatable bonds is 20. The second-order valence-corrected chi connectivity index (χ2v) is 9.41. The van der Waals surface area contributed by atoms with Gasteiger partial charge in [-0.15, -0.1) is 11.8 Å². The van der Waals surface area contributed by atoms with Crippen LogP contribution in [-0.2, 0) is 9.47 Å². The first-order chi connectivity index (χ1) is 13.3. The molecule has 1 fully saturated rings. The molecule has 3 heteroatoms. The van der Waals surface area contributed by atoms with Gasteiger partial charge in [0.15, 0.2) is 5.60 Å². The van der Waals surface area contributed by atoms with Crippen molar-refractivity contribution in [2.24, 2.45) is 0 Å². The summed E-state index contributed by atoms with van der Waals surface area (Å²) in [6.45, 7) is 6.35. The molecule has 1 unspecified atom stereocenters. The fourth-order valence-electron chi connectivity index (χ4n) is 3.91. The molecular formula is C24H44O2S. The third kappa shape index (κ3) is 8.01. The van der Waals surface area contributed by atoms with Crippen molar-refractivity contribution < 1.29 is 9.47 Å². The highest BCUT2D eigenvalue weighted by Gasteiger charge is 2.65. The quantitative estimate of drug-likeness (QED) is 0.194. The van der Waals surface area contributed by atoms with E-state index in [1.807, 2.05) is 11.8 Å². The predicted molar refractivity (Wildman–Crippen MR) is 119 cm³/mol. The number of fused-ring (bicyclic) bond motifs is 1. The molecule has 0 bridgehead atoms. The van der Waals surface area contributed by atoms with Crippen molar-refractivity contribution in [1.82, 2.24) is 0 Å². The van der Waals surface area contributed by atoms with Crippen molar-refractivity contribution in [3.8, 4) is 0 Å². The van der Waals surface area contributed by atoms with Crippen molar-refractivity contribution in [2.75, 3.05) is 19.0 Å². The molecule has 0 spiro atoms. The maximum absolute atomic E-state index is 6.21. The molecule has 1 aliphatic carbocycles. The maximum atomic E-state index is 6.21. The molecule has 0 amide bonds. The molecule has 0 radical (unpaired) electrons. The predicted octanol–water partition coefficient (Wildman–Crippen LogP) is 8.01.